The fraction of sp³-hybridized carbons (Fsp3) is 0.360. The third kappa shape index (κ3) is 4.97. The molecular weight excluding hydrogens is 390 g/mol. The van der Waals surface area contributed by atoms with E-state index in [2.05, 4.69) is 16.0 Å². The van der Waals surface area contributed by atoms with Gasteiger partial charge in [-0.05, 0) is 74.3 Å². The number of ether oxygens (including phenoxy) is 2. The third-order valence-corrected chi connectivity index (χ3v) is 6.08. The number of ketones is 1. The van der Waals surface area contributed by atoms with Crippen molar-refractivity contribution in [2.75, 3.05) is 33.9 Å². The predicted octanol–water partition coefficient (Wildman–Crippen LogP) is 4.03. The molecule has 1 aromatic heterocycles. The van der Waals surface area contributed by atoms with E-state index in [1.54, 1.807) is 26.7 Å². The lowest BCUT2D eigenvalue weighted by Gasteiger charge is -2.31. The van der Waals surface area contributed by atoms with E-state index in [0.29, 0.717) is 0 Å². The van der Waals surface area contributed by atoms with Crippen LogP contribution in [-0.4, -0.2) is 54.1 Å². The molecule has 1 fully saturated rings. The molecule has 0 amide bonds. The van der Waals surface area contributed by atoms with Gasteiger partial charge in [0.15, 0.2) is 17.3 Å². The molecule has 31 heavy (non-hydrogen) atoms. The Kier molecular flexibility index (Phi) is 6.67. The predicted molar refractivity (Wildman–Crippen MR) is 120 cm³/mol. The van der Waals surface area contributed by atoms with Gasteiger partial charge < -0.3 is 18.9 Å². The molecule has 1 aliphatic heterocycles. The fourth-order valence-electron chi connectivity index (χ4n) is 4.19. The highest BCUT2D eigenvalue weighted by Crippen LogP contribution is 2.28. The lowest BCUT2D eigenvalue weighted by atomic mass is 9.88. The zero-order valence-electron chi connectivity index (χ0n) is 18.2. The van der Waals surface area contributed by atoms with E-state index >= 15 is 0 Å². The summed E-state index contributed by atoms with van der Waals surface area (Å²) in [6, 6.07) is 13.9. The standard InChI is InChI=1S/C25H29N3O3/c1-30-23-8-3-19(17-24(23)31-2)9-13-27-14-10-21(11-15-27)25(29)20-4-6-22(7-5-20)28-16-12-26-18-28/h3-8,12,16-18,21H,9-11,13-15H2,1-2H3. The SMILES string of the molecule is COc1ccc(CCN2CCC(C(=O)c3ccc(-n4ccnc4)cc3)CC2)cc1OC. The molecule has 2 aromatic carbocycles. The van der Waals surface area contributed by atoms with Crippen LogP contribution in [0.3, 0.4) is 0 Å². The van der Waals surface area contributed by atoms with E-state index in [4.69, 9.17) is 9.47 Å². The number of nitrogens with zero attached hydrogens (tertiary/aromatic N) is 3. The first kappa shape index (κ1) is 21.1. The van der Waals surface area contributed by atoms with Crippen LogP contribution in [0, 0.1) is 5.92 Å². The average molecular weight is 420 g/mol. The second-order valence-corrected chi connectivity index (χ2v) is 7.94. The van der Waals surface area contributed by atoms with Gasteiger partial charge in [0.05, 0.1) is 20.5 Å². The summed E-state index contributed by atoms with van der Waals surface area (Å²) in [4.78, 5) is 19.5. The molecule has 6 nitrogen and oxygen atoms in total. The van der Waals surface area contributed by atoms with Crippen LogP contribution in [0.4, 0.5) is 0 Å². The maximum atomic E-state index is 13.0. The smallest absolute Gasteiger partial charge is 0.166 e. The van der Waals surface area contributed by atoms with Crippen molar-refractivity contribution < 1.29 is 14.3 Å². The van der Waals surface area contributed by atoms with Gasteiger partial charge >= 0.3 is 0 Å². The van der Waals surface area contributed by atoms with Crippen LogP contribution in [0.25, 0.3) is 5.69 Å². The molecule has 0 saturated carbocycles. The van der Waals surface area contributed by atoms with Crippen molar-refractivity contribution in [1.82, 2.24) is 14.5 Å². The largest absolute Gasteiger partial charge is 0.493 e. The van der Waals surface area contributed by atoms with Crippen molar-refractivity contribution in [3.05, 3.63) is 72.3 Å². The number of likely N-dealkylation sites (tertiary alicyclic amines) is 1. The summed E-state index contributed by atoms with van der Waals surface area (Å²) < 4.78 is 12.6. The minimum Gasteiger partial charge on any atom is -0.493 e. The molecule has 0 radical (unpaired) electrons. The van der Waals surface area contributed by atoms with Gasteiger partial charge in [-0.25, -0.2) is 4.98 Å². The first-order valence-corrected chi connectivity index (χ1v) is 10.7. The number of aromatic nitrogens is 2. The molecule has 0 atom stereocenters. The van der Waals surface area contributed by atoms with E-state index in [9.17, 15) is 4.79 Å². The lowest BCUT2D eigenvalue weighted by molar-refractivity contribution is 0.0841. The molecule has 0 bridgehead atoms. The Morgan fingerprint density at radius 3 is 2.42 bits per heavy atom. The van der Waals surface area contributed by atoms with Gasteiger partial charge in [-0.1, -0.05) is 6.07 Å². The second kappa shape index (κ2) is 9.79. The fourth-order valence-corrected chi connectivity index (χ4v) is 4.19. The quantitative estimate of drug-likeness (QED) is 0.516. The highest BCUT2D eigenvalue weighted by atomic mass is 16.5. The zero-order valence-corrected chi connectivity index (χ0v) is 18.2. The van der Waals surface area contributed by atoms with Gasteiger partial charge in [0.1, 0.15) is 0 Å². The van der Waals surface area contributed by atoms with Crippen LogP contribution < -0.4 is 9.47 Å². The Balaban J connectivity index is 1.28. The van der Waals surface area contributed by atoms with E-state index in [-0.39, 0.29) is 11.7 Å². The molecule has 3 aromatic rings. The Morgan fingerprint density at radius 2 is 1.77 bits per heavy atom. The summed E-state index contributed by atoms with van der Waals surface area (Å²) in [7, 11) is 3.31. The van der Waals surface area contributed by atoms with Crippen LogP contribution in [0.2, 0.25) is 0 Å². The first-order chi connectivity index (χ1) is 15.2. The molecule has 0 unspecified atom stereocenters. The highest BCUT2D eigenvalue weighted by Gasteiger charge is 2.25. The number of piperidine rings is 1. The van der Waals surface area contributed by atoms with Crippen LogP contribution in [0.1, 0.15) is 28.8 Å². The molecule has 162 valence electrons. The Labute approximate surface area is 183 Å². The molecule has 2 heterocycles. The average Bonchev–Trinajstić information content (AvgIpc) is 3.37. The van der Waals surface area contributed by atoms with E-state index in [1.807, 2.05) is 47.2 Å². The number of benzene rings is 2. The van der Waals surface area contributed by atoms with Gasteiger partial charge in [-0.15, -0.1) is 0 Å². The molecule has 4 rings (SSSR count). The van der Waals surface area contributed by atoms with E-state index in [1.165, 1.54) is 5.56 Å². The van der Waals surface area contributed by atoms with Crippen molar-refractivity contribution >= 4 is 5.78 Å². The summed E-state index contributed by atoms with van der Waals surface area (Å²) in [5.74, 6) is 1.89. The molecule has 1 aliphatic rings. The lowest BCUT2D eigenvalue weighted by Crippen LogP contribution is -2.37. The van der Waals surface area contributed by atoms with Gasteiger partial charge in [0.2, 0.25) is 0 Å². The number of hydrogen-bond acceptors (Lipinski definition) is 5. The monoisotopic (exact) mass is 419 g/mol. The first-order valence-electron chi connectivity index (χ1n) is 10.7. The van der Waals surface area contributed by atoms with Crippen molar-refractivity contribution in [2.45, 2.75) is 19.3 Å². The molecule has 0 N–H and O–H groups in total. The summed E-state index contributed by atoms with van der Waals surface area (Å²) in [6.45, 7) is 2.89. The number of imidazole rings is 1. The molecule has 0 spiro atoms. The van der Waals surface area contributed by atoms with Crippen LogP contribution in [-0.2, 0) is 6.42 Å². The normalized spacial score (nSPS) is 15.0. The number of rotatable bonds is 8. The summed E-state index contributed by atoms with van der Waals surface area (Å²) in [5.41, 5.74) is 3.04. The number of hydrogen-bond donors (Lipinski definition) is 0. The number of Topliss-reactive ketones (excluding diaryl/α,β-unsaturated/α-hetero) is 1. The van der Waals surface area contributed by atoms with Crippen LogP contribution in [0.15, 0.2) is 61.2 Å². The minimum absolute atomic E-state index is 0.108. The number of carbonyl (C=O) groups excluding carboxylic acids is 1. The Morgan fingerprint density at radius 1 is 1.03 bits per heavy atom. The number of carbonyl (C=O) groups is 1. The minimum atomic E-state index is 0.108. The van der Waals surface area contributed by atoms with Crippen molar-refractivity contribution in [3.63, 3.8) is 0 Å². The summed E-state index contributed by atoms with van der Waals surface area (Å²) >= 11 is 0. The zero-order chi connectivity index (χ0) is 21.6. The van der Waals surface area contributed by atoms with E-state index in [0.717, 1.165) is 61.6 Å². The molecule has 6 heteroatoms. The van der Waals surface area contributed by atoms with Crippen molar-refractivity contribution in [2.24, 2.45) is 5.92 Å². The highest BCUT2D eigenvalue weighted by molar-refractivity contribution is 5.98. The topological polar surface area (TPSA) is 56.6 Å². The van der Waals surface area contributed by atoms with Crippen molar-refractivity contribution in [1.29, 1.82) is 0 Å². The Bertz CT molecular complexity index is 991. The van der Waals surface area contributed by atoms with Gasteiger partial charge in [0.25, 0.3) is 0 Å². The van der Waals surface area contributed by atoms with Crippen LogP contribution >= 0.6 is 0 Å². The van der Waals surface area contributed by atoms with Gasteiger partial charge in [-0.2, -0.15) is 0 Å². The third-order valence-electron chi connectivity index (χ3n) is 6.08. The van der Waals surface area contributed by atoms with Gasteiger partial charge in [-0.3, -0.25) is 4.79 Å². The van der Waals surface area contributed by atoms with Gasteiger partial charge in [0, 0.05) is 36.1 Å². The Hall–Kier alpha value is -3.12. The molecular formula is C25H29N3O3. The number of methoxy groups -OCH3 is 2. The summed E-state index contributed by atoms with van der Waals surface area (Å²) in [5, 5.41) is 0. The van der Waals surface area contributed by atoms with Crippen molar-refractivity contribution in [3.8, 4) is 17.2 Å². The molecule has 1 saturated heterocycles. The maximum Gasteiger partial charge on any atom is 0.166 e. The second-order valence-electron chi connectivity index (χ2n) is 7.94. The van der Waals surface area contributed by atoms with E-state index < -0.39 is 0 Å². The summed E-state index contributed by atoms with van der Waals surface area (Å²) in [6.07, 6.45) is 8.18. The molecule has 0 aliphatic carbocycles. The van der Waals surface area contributed by atoms with Crippen LogP contribution in [0.5, 0.6) is 11.5 Å². The maximum absolute atomic E-state index is 13.0.